The van der Waals surface area contributed by atoms with Gasteiger partial charge in [-0.15, -0.1) is 0 Å². The number of benzene rings is 2. The van der Waals surface area contributed by atoms with Crippen LogP contribution in [-0.4, -0.2) is 32.5 Å². The zero-order chi connectivity index (χ0) is 19.8. The van der Waals surface area contributed by atoms with E-state index >= 15 is 0 Å². The van der Waals surface area contributed by atoms with Crippen molar-refractivity contribution in [3.8, 4) is 17.9 Å². The van der Waals surface area contributed by atoms with Crippen LogP contribution in [0.2, 0.25) is 0 Å². The van der Waals surface area contributed by atoms with Crippen molar-refractivity contribution in [2.45, 2.75) is 18.3 Å². The van der Waals surface area contributed by atoms with Gasteiger partial charge in [0.05, 0.1) is 18.2 Å². The first-order chi connectivity index (χ1) is 13.7. The van der Waals surface area contributed by atoms with Gasteiger partial charge in [0.15, 0.2) is 0 Å². The van der Waals surface area contributed by atoms with Gasteiger partial charge in [-0.05, 0) is 23.8 Å². The highest BCUT2D eigenvalue weighted by atomic mass is 16.6. The van der Waals surface area contributed by atoms with Crippen molar-refractivity contribution in [2.24, 2.45) is 0 Å². The van der Waals surface area contributed by atoms with Crippen molar-refractivity contribution in [3.05, 3.63) is 77.4 Å². The molecule has 3 rings (SSSR count). The van der Waals surface area contributed by atoms with E-state index in [1.807, 2.05) is 42.5 Å². The van der Waals surface area contributed by atoms with Crippen LogP contribution < -0.4 is 5.73 Å². The Morgan fingerprint density at radius 1 is 1.14 bits per heavy atom. The summed E-state index contributed by atoms with van der Waals surface area (Å²) < 4.78 is 17.3. The molecule has 0 spiro atoms. The molecule has 2 aromatic carbocycles. The lowest BCUT2D eigenvalue weighted by molar-refractivity contribution is -0.103. The molecule has 28 heavy (non-hydrogen) atoms. The Labute approximate surface area is 165 Å². The highest BCUT2D eigenvalue weighted by Crippen LogP contribution is 2.27. The van der Waals surface area contributed by atoms with Gasteiger partial charge in [-0.2, -0.15) is 5.26 Å². The lowest BCUT2D eigenvalue weighted by Crippen LogP contribution is -2.37. The Morgan fingerprint density at radius 3 is 2.71 bits per heavy atom. The Bertz CT molecular complexity index is 922. The number of rotatable bonds is 5. The second-order valence-corrected chi connectivity index (χ2v) is 6.34. The summed E-state index contributed by atoms with van der Waals surface area (Å²) in [4.78, 5) is 0. The highest BCUT2D eigenvalue weighted by molar-refractivity contribution is 5.58. The van der Waals surface area contributed by atoms with Crippen LogP contribution in [0, 0.1) is 23.2 Å². The molecule has 5 nitrogen and oxygen atoms in total. The smallest absolute Gasteiger partial charge is 0.112 e. The molecule has 0 bridgehead atoms. The standard InChI is InChI=1S/C23H22N2O3/c1-26-16-23-22(12-11-21(28-23)18-6-3-2-4-7-18)27-13-5-8-19-14-17(15-24)9-10-20(19)25/h2-4,6-7,9-12,14,21-23H,13,16,25H2,1H3/t21-,22-,23+/m0/s1. The molecule has 2 N–H and O–H groups in total. The Balaban J connectivity index is 1.65. The molecular weight excluding hydrogens is 352 g/mol. The quantitative estimate of drug-likeness (QED) is 0.494. The van der Waals surface area contributed by atoms with Crippen LogP contribution in [-0.2, 0) is 14.2 Å². The fourth-order valence-electron chi connectivity index (χ4n) is 2.94. The summed E-state index contributed by atoms with van der Waals surface area (Å²) in [6, 6.07) is 17.1. The minimum Gasteiger partial charge on any atom is -0.398 e. The SMILES string of the molecule is COC[C@H]1O[C@H](c2ccccc2)C=C[C@@H]1OCC#Cc1cc(C#N)ccc1N. The lowest BCUT2D eigenvalue weighted by atomic mass is 10.0. The van der Waals surface area contributed by atoms with E-state index in [9.17, 15) is 0 Å². The van der Waals surface area contributed by atoms with Gasteiger partial charge in [-0.3, -0.25) is 0 Å². The molecule has 0 aliphatic carbocycles. The van der Waals surface area contributed by atoms with Gasteiger partial charge < -0.3 is 19.9 Å². The molecule has 0 aromatic heterocycles. The molecule has 0 saturated carbocycles. The number of nitriles is 1. The van der Waals surface area contributed by atoms with Crippen LogP contribution >= 0.6 is 0 Å². The zero-order valence-corrected chi connectivity index (χ0v) is 15.7. The van der Waals surface area contributed by atoms with Crippen LogP contribution in [0.5, 0.6) is 0 Å². The van der Waals surface area contributed by atoms with Crippen molar-refractivity contribution in [1.29, 1.82) is 5.26 Å². The third kappa shape index (κ3) is 5.00. The molecule has 0 unspecified atom stereocenters. The maximum absolute atomic E-state index is 8.98. The molecule has 0 fully saturated rings. The fraction of sp³-hybridized carbons (Fsp3) is 0.261. The fourth-order valence-corrected chi connectivity index (χ4v) is 2.94. The van der Waals surface area contributed by atoms with Gasteiger partial charge in [0.2, 0.25) is 0 Å². The van der Waals surface area contributed by atoms with Crippen LogP contribution in [0.4, 0.5) is 5.69 Å². The number of hydrogen-bond acceptors (Lipinski definition) is 5. The average molecular weight is 374 g/mol. The normalized spacial score (nSPS) is 20.8. The number of nitrogens with two attached hydrogens (primary N) is 1. The summed E-state index contributed by atoms with van der Waals surface area (Å²) in [7, 11) is 1.64. The molecule has 1 aliphatic heterocycles. The van der Waals surface area contributed by atoms with Gasteiger partial charge in [0.1, 0.15) is 24.9 Å². The predicted molar refractivity (Wildman–Crippen MR) is 107 cm³/mol. The van der Waals surface area contributed by atoms with Crippen molar-refractivity contribution >= 4 is 5.69 Å². The lowest BCUT2D eigenvalue weighted by Gasteiger charge is -2.31. The van der Waals surface area contributed by atoms with E-state index in [4.69, 9.17) is 25.2 Å². The van der Waals surface area contributed by atoms with E-state index in [1.54, 1.807) is 25.3 Å². The van der Waals surface area contributed by atoms with Gasteiger partial charge in [-0.25, -0.2) is 0 Å². The van der Waals surface area contributed by atoms with Crippen molar-refractivity contribution < 1.29 is 14.2 Å². The summed E-state index contributed by atoms with van der Waals surface area (Å²) in [5, 5.41) is 8.98. The largest absolute Gasteiger partial charge is 0.398 e. The van der Waals surface area contributed by atoms with Gasteiger partial charge in [0.25, 0.3) is 0 Å². The van der Waals surface area contributed by atoms with Crippen LogP contribution in [0.1, 0.15) is 22.8 Å². The second-order valence-electron chi connectivity index (χ2n) is 6.34. The molecule has 2 aromatic rings. The van der Waals surface area contributed by atoms with Gasteiger partial charge in [0, 0.05) is 18.4 Å². The number of ether oxygens (including phenoxy) is 3. The van der Waals surface area contributed by atoms with E-state index < -0.39 is 0 Å². The summed E-state index contributed by atoms with van der Waals surface area (Å²) in [5.41, 5.74) is 8.67. The van der Waals surface area contributed by atoms with Crippen molar-refractivity contribution in [1.82, 2.24) is 0 Å². The number of anilines is 1. The van der Waals surface area contributed by atoms with Crippen molar-refractivity contribution in [2.75, 3.05) is 26.1 Å². The third-order valence-corrected chi connectivity index (χ3v) is 4.38. The Morgan fingerprint density at radius 2 is 1.96 bits per heavy atom. The van der Waals surface area contributed by atoms with Gasteiger partial charge >= 0.3 is 0 Å². The third-order valence-electron chi connectivity index (χ3n) is 4.38. The number of methoxy groups -OCH3 is 1. The number of nitrogens with zero attached hydrogens (tertiary/aromatic N) is 1. The molecule has 0 saturated heterocycles. The first kappa shape index (κ1) is 19.7. The first-order valence-corrected chi connectivity index (χ1v) is 8.99. The zero-order valence-electron chi connectivity index (χ0n) is 15.7. The molecule has 0 amide bonds. The minimum atomic E-state index is -0.253. The molecule has 1 heterocycles. The molecule has 1 aliphatic rings. The van der Waals surface area contributed by atoms with E-state index in [0.29, 0.717) is 23.4 Å². The Hall–Kier alpha value is -3.09. The molecule has 142 valence electrons. The topological polar surface area (TPSA) is 77.5 Å². The van der Waals surface area contributed by atoms with E-state index in [0.717, 1.165) is 5.56 Å². The molecule has 3 atom stereocenters. The number of hydrogen-bond donors (Lipinski definition) is 1. The van der Waals surface area contributed by atoms with Crippen LogP contribution in [0.3, 0.4) is 0 Å². The summed E-state index contributed by atoms with van der Waals surface area (Å²) in [5.74, 6) is 5.92. The van der Waals surface area contributed by atoms with Crippen LogP contribution in [0.25, 0.3) is 0 Å². The minimum absolute atomic E-state index is 0.124. The van der Waals surface area contributed by atoms with E-state index in [-0.39, 0.29) is 24.9 Å². The first-order valence-electron chi connectivity index (χ1n) is 8.99. The van der Waals surface area contributed by atoms with Gasteiger partial charge in [-0.1, -0.05) is 54.3 Å². The summed E-state index contributed by atoms with van der Waals surface area (Å²) in [6.45, 7) is 0.633. The number of nitrogen functional groups attached to an aromatic ring is 1. The van der Waals surface area contributed by atoms with Crippen molar-refractivity contribution in [3.63, 3.8) is 0 Å². The van der Waals surface area contributed by atoms with E-state index in [2.05, 4.69) is 17.9 Å². The maximum Gasteiger partial charge on any atom is 0.112 e. The van der Waals surface area contributed by atoms with E-state index in [1.165, 1.54) is 0 Å². The monoisotopic (exact) mass is 374 g/mol. The molecule has 5 heteroatoms. The molecule has 0 radical (unpaired) electrons. The Kier molecular flexibility index (Phi) is 6.84. The highest BCUT2D eigenvalue weighted by Gasteiger charge is 2.28. The second kappa shape index (κ2) is 9.73. The molecular formula is C23H22N2O3. The average Bonchev–Trinajstić information content (AvgIpc) is 2.74. The van der Waals surface area contributed by atoms with Crippen LogP contribution in [0.15, 0.2) is 60.7 Å². The summed E-state index contributed by atoms with van der Waals surface area (Å²) >= 11 is 0. The summed E-state index contributed by atoms with van der Waals surface area (Å²) in [6.07, 6.45) is 3.39. The predicted octanol–water partition coefficient (Wildman–Crippen LogP) is 3.22. The maximum atomic E-state index is 8.98.